The van der Waals surface area contributed by atoms with Crippen molar-refractivity contribution in [3.05, 3.63) is 70.9 Å². The van der Waals surface area contributed by atoms with E-state index in [9.17, 15) is 22.8 Å². The zero-order chi connectivity index (χ0) is 23.5. The van der Waals surface area contributed by atoms with Gasteiger partial charge < -0.3 is 21.1 Å². The van der Waals surface area contributed by atoms with Gasteiger partial charge in [-0.3, -0.25) is 0 Å². The number of pyridine rings is 1. The summed E-state index contributed by atoms with van der Waals surface area (Å²) in [6.07, 6.45) is -3.35. The molecule has 3 rings (SSSR count). The Morgan fingerprint density at radius 1 is 1.03 bits per heavy atom. The van der Waals surface area contributed by atoms with Crippen molar-refractivity contribution in [1.82, 2.24) is 4.98 Å². The molecule has 0 saturated carbocycles. The van der Waals surface area contributed by atoms with E-state index in [0.29, 0.717) is 16.8 Å². The van der Waals surface area contributed by atoms with Crippen molar-refractivity contribution in [2.75, 3.05) is 23.5 Å². The van der Waals surface area contributed by atoms with Gasteiger partial charge in [0.05, 0.1) is 23.3 Å². The highest BCUT2D eigenvalue weighted by Gasteiger charge is 2.33. The van der Waals surface area contributed by atoms with Crippen LogP contribution < -0.4 is 16.4 Å². The summed E-state index contributed by atoms with van der Waals surface area (Å²) in [4.78, 5) is 27.9. The molecule has 1 heterocycles. The molecular formula is C21H16ClF3N4O3. The third-order valence-corrected chi connectivity index (χ3v) is 4.65. The predicted octanol–water partition coefficient (Wildman–Crippen LogP) is 5.43. The van der Waals surface area contributed by atoms with Crippen molar-refractivity contribution >= 4 is 40.8 Å². The topological polar surface area (TPSA) is 106 Å². The zero-order valence-electron chi connectivity index (χ0n) is 16.5. The molecule has 32 heavy (non-hydrogen) atoms. The first kappa shape index (κ1) is 22.9. The highest BCUT2D eigenvalue weighted by molar-refractivity contribution is 6.31. The Kier molecular flexibility index (Phi) is 6.54. The van der Waals surface area contributed by atoms with Crippen LogP contribution in [0.25, 0.3) is 11.1 Å². The van der Waals surface area contributed by atoms with E-state index in [2.05, 4.69) is 20.4 Å². The Hall–Kier alpha value is -3.79. The van der Waals surface area contributed by atoms with E-state index < -0.39 is 28.8 Å². The number of methoxy groups -OCH3 is 1. The molecule has 0 fully saturated rings. The van der Waals surface area contributed by atoms with Crippen LogP contribution in [0.3, 0.4) is 0 Å². The summed E-state index contributed by atoms with van der Waals surface area (Å²) in [6, 6.07) is 10.2. The van der Waals surface area contributed by atoms with Crippen molar-refractivity contribution in [3.63, 3.8) is 0 Å². The molecule has 0 radical (unpaired) electrons. The number of nitrogens with zero attached hydrogens (tertiary/aromatic N) is 1. The van der Waals surface area contributed by atoms with E-state index in [1.54, 1.807) is 24.3 Å². The number of hydrogen-bond donors (Lipinski definition) is 3. The lowest BCUT2D eigenvalue weighted by Crippen LogP contribution is -2.19. The third kappa shape index (κ3) is 5.27. The number of nitrogens with two attached hydrogens (primary N) is 1. The van der Waals surface area contributed by atoms with Gasteiger partial charge in [-0.1, -0.05) is 23.7 Å². The Balaban J connectivity index is 1.73. The number of carbonyl (C=O) groups is 2. The first-order chi connectivity index (χ1) is 15.1. The largest absolute Gasteiger partial charge is 0.465 e. The number of urea groups is 1. The van der Waals surface area contributed by atoms with Crippen LogP contribution >= 0.6 is 11.6 Å². The number of carbonyl (C=O) groups excluding carboxylic acids is 2. The Morgan fingerprint density at radius 3 is 2.28 bits per heavy atom. The quantitative estimate of drug-likeness (QED) is 0.446. The number of rotatable bonds is 4. The summed E-state index contributed by atoms with van der Waals surface area (Å²) in [6.45, 7) is 0. The van der Waals surface area contributed by atoms with E-state index in [1.807, 2.05) is 0 Å². The predicted molar refractivity (Wildman–Crippen MR) is 115 cm³/mol. The van der Waals surface area contributed by atoms with Gasteiger partial charge in [0, 0.05) is 23.1 Å². The zero-order valence-corrected chi connectivity index (χ0v) is 17.2. The van der Waals surface area contributed by atoms with Crippen LogP contribution in [0, 0.1) is 0 Å². The number of hydrogen-bond acceptors (Lipinski definition) is 5. The third-order valence-electron chi connectivity index (χ3n) is 4.32. The second kappa shape index (κ2) is 9.15. The highest BCUT2D eigenvalue weighted by atomic mass is 35.5. The van der Waals surface area contributed by atoms with Crippen molar-refractivity contribution in [2.24, 2.45) is 0 Å². The summed E-state index contributed by atoms with van der Waals surface area (Å²) >= 11 is 5.57. The molecule has 0 aliphatic rings. The number of halogens is 4. The first-order valence-corrected chi connectivity index (χ1v) is 9.35. The minimum atomic E-state index is -4.65. The lowest BCUT2D eigenvalue weighted by molar-refractivity contribution is -0.137. The van der Waals surface area contributed by atoms with Gasteiger partial charge in [0.1, 0.15) is 5.82 Å². The van der Waals surface area contributed by atoms with Crippen LogP contribution in [0.4, 0.5) is 35.2 Å². The number of nitrogens with one attached hydrogen (secondary N) is 2. The Morgan fingerprint density at radius 2 is 1.66 bits per heavy atom. The van der Waals surface area contributed by atoms with Gasteiger partial charge in [-0.2, -0.15) is 13.2 Å². The van der Waals surface area contributed by atoms with E-state index in [1.165, 1.54) is 25.4 Å². The van der Waals surface area contributed by atoms with Crippen LogP contribution in [-0.2, 0) is 10.9 Å². The van der Waals surface area contributed by atoms with Crippen LogP contribution in [0.15, 0.2) is 54.7 Å². The lowest BCUT2D eigenvalue weighted by atomic mass is 10.0. The highest BCUT2D eigenvalue weighted by Crippen LogP contribution is 2.36. The molecule has 166 valence electrons. The van der Waals surface area contributed by atoms with E-state index in [4.69, 9.17) is 17.3 Å². The normalized spacial score (nSPS) is 11.0. The summed E-state index contributed by atoms with van der Waals surface area (Å²) in [5, 5.41) is 4.36. The summed E-state index contributed by atoms with van der Waals surface area (Å²) < 4.78 is 43.5. The average Bonchev–Trinajstić information content (AvgIpc) is 2.74. The molecule has 2 aromatic carbocycles. The summed E-state index contributed by atoms with van der Waals surface area (Å²) in [7, 11) is 1.25. The van der Waals surface area contributed by atoms with E-state index in [0.717, 1.165) is 12.1 Å². The molecule has 0 unspecified atom stereocenters. The smallest absolute Gasteiger partial charge is 0.417 e. The van der Waals surface area contributed by atoms with Crippen molar-refractivity contribution in [2.45, 2.75) is 6.18 Å². The molecular weight excluding hydrogens is 449 g/mol. The molecule has 0 atom stereocenters. The molecule has 3 aromatic rings. The SMILES string of the molecule is COC(=O)c1cnc(N)c(-c2ccc(NC(=O)Nc3ccc(Cl)c(C(F)(F)F)c3)cc2)c1. The van der Waals surface area contributed by atoms with Crippen LogP contribution in [0.1, 0.15) is 15.9 Å². The minimum absolute atomic E-state index is 0.0747. The number of esters is 1. The minimum Gasteiger partial charge on any atom is -0.465 e. The van der Waals surface area contributed by atoms with Gasteiger partial charge >= 0.3 is 18.2 Å². The Bertz CT molecular complexity index is 1170. The molecule has 0 spiro atoms. The number of benzene rings is 2. The fourth-order valence-corrected chi connectivity index (χ4v) is 3.01. The molecule has 0 aliphatic carbocycles. The van der Waals surface area contributed by atoms with Crippen molar-refractivity contribution < 1.29 is 27.5 Å². The van der Waals surface area contributed by atoms with E-state index >= 15 is 0 Å². The molecule has 2 amide bonds. The molecule has 0 bridgehead atoms. The maximum Gasteiger partial charge on any atom is 0.417 e. The van der Waals surface area contributed by atoms with Gasteiger partial charge in [0.25, 0.3) is 0 Å². The van der Waals surface area contributed by atoms with Crippen LogP contribution in [0.2, 0.25) is 5.02 Å². The number of aromatic nitrogens is 1. The fourth-order valence-electron chi connectivity index (χ4n) is 2.78. The van der Waals surface area contributed by atoms with Gasteiger partial charge in [0.15, 0.2) is 0 Å². The molecule has 4 N–H and O–H groups in total. The number of amides is 2. The van der Waals surface area contributed by atoms with Crippen LogP contribution in [-0.4, -0.2) is 24.1 Å². The standard InChI is InChI=1S/C21H16ClF3N4O3/c1-32-19(30)12-8-15(18(26)27-10-12)11-2-4-13(5-3-11)28-20(31)29-14-6-7-17(22)16(9-14)21(23,24)25/h2-10H,1H3,(H2,26,27)(H2,28,29,31). The average molecular weight is 465 g/mol. The molecule has 0 saturated heterocycles. The van der Waals surface area contributed by atoms with Gasteiger partial charge in [-0.15, -0.1) is 0 Å². The lowest BCUT2D eigenvalue weighted by Gasteiger charge is -2.13. The molecule has 0 aliphatic heterocycles. The van der Waals surface area contributed by atoms with Crippen LogP contribution in [0.5, 0.6) is 0 Å². The summed E-state index contributed by atoms with van der Waals surface area (Å²) in [5.41, 5.74) is 6.46. The van der Waals surface area contributed by atoms with Gasteiger partial charge in [-0.05, 0) is 42.0 Å². The maximum absolute atomic E-state index is 13.0. The summed E-state index contributed by atoms with van der Waals surface area (Å²) in [5.74, 6) is -0.371. The van der Waals surface area contributed by atoms with Gasteiger partial charge in [0.2, 0.25) is 0 Å². The fraction of sp³-hybridized carbons (Fsp3) is 0.0952. The van der Waals surface area contributed by atoms with Crippen molar-refractivity contribution in [1.29, 1.82) is 0 Å². The number of nitrogen functional groups attached to an aromatic ring is 1. The van der Waals surface area contributed by atoms with Crippen molar-refractivity contribution in [3.8, 4) is 11.1 Å². The first-order valence-electron chi connectivity index (χ1n) is 8.97. The number of anilines is 3. The maximum atomic E-state index is 13.0. The number of alkyl halides is 3. The molecule has 11 heteroatoms. The molecule has 1 aromatic heterocycles. The Labute approximate surface area is 185 Å². The molecule has 7 nitrogen and oxygen atoms in total. The van der Waals surface area contributed by atoms with Gasteiger partial charge in [-0.25, -0.2) is 14.6 Å². The number of ether oxygens (including phenoxy) is 1. The van der Waals surface area contributed by atoms with E-state index in [-0.39, 0.29) is 17.1 Å². The second-order valence-corrected chi connectivity index (χ2v) is 6.90. The monoisotopic (exact) mass is 464 g/mol. The second-order valence-electron chi connectivity index (χ2n) is 6.50.